The first-order valence-corrected chi connectivity index (χ1v) is 6.04. The van der Waals surface area contributed by atoms with Crippen molar-refractivity contribution in [3.8, 4) is 0 Å². The molecule has 2 aromatic heterocycles. The van der Waals surface area contributed by atoms with Crippen molar-refractivity contribution in [2.24, 2.45) is 0 Å². The standard InChI is InChI=1S/C12H15N3OS/c1-2-4-10(16)14-15-11(17)7-6-9-5-3-8-13-12(9)15/h3,5-8,10,14,16H,2,4H2,1H3. The molecular formula is C12H15N3OS. The van der Waals surface area contributed by atoms with E-state index in [1.807, 2.05) is 31.2 Å². The van der Waals surface area contributed by atoms with Crippen LogP contribution in [0.1, 0.15) is 19.8 Å². The first-order valence-electron chi connectivity index (χ1n) is 5.64. The molecule has 1 atom stereocenters. The van der Waals surface area contributed by atoms with Crippen molar-refractivity contribution in [1.82, 2.24) is 9.66 Å². The summed E-state index contributed by atoms with van der Waals surface area (Å²) >= 11 is 5.23. The Morgan fingerprint density at radius 2 is 2.29 bits per heavy atom. The second-order valence-corrected chi connectivity index (χ2v) is 4.28. The summed E-state index contributed by atoms with van der Waals surface area (Å²) in [6.45, 7) is 2.02. The molecule has 0 saturated carbocycles. The summed E-state index contributed by atoms with van der Waals surface area (Å²) in [7, 11) is 0. The number of fused-ring (bicyclic) bond motifs is 1. The summed E-state index contributed by atoms with van der Waals surface area (Å²) in [4.78, 5) is 4.28. The van der Waals surface area contributed by atoms with E-state index in [9.17, 15) is 5.11 Å². The molecule has 2 N–H and O–H groups in total. The number of rotatable bonds is 4. The van der Waals surface area contributed by atoms with Gasteiger partial charge in [0.05, 0.1) is 0 Å². The lowest BCUT2D eigenvalue weighted by Gasteiger charge is -2.17. The van der Waals surface area contributed by atoms with Crippen LogP contribution in [-0.4, -0.2) is 21.0 Å². The van der Waals surface area contributed by atoms with E-state index < -0.39 is 6.23 Å². The fraction of sp³-hybridized carbons (Fsp3) is 0.333. The van der Waals surface area contributed by atoms with Crippen molar-refractivity contribution >= 4 is 23.3 Å². The maximum Gasteiger partial charge on any atom is 0.159 e. The lowest BCUT2D eigenvalue weighted by molar-refractivity contribution is 0.177. The molecule has 2 rings (SSSR count). The molecular weight excluding hydrogens is 234 g/mol. The van der Waals surface area contributed by atoms with Crippen LogP contribution in [0.25, 0.3) is 11.0 Å². The Morgan fingerprint density at radius 3 is 3.06 bits per heavy atom. The summed E-state index contributed by atoms with van der Waals surface area (Å²) in [5, 5.41) is 10.8. The molecule has 90 valence electrons. The number of nitrogens with one attached hydrogen (secondary N) is 1. The quantitative estimate of drug-likeness (QED) is 0.645. The number of aromatic nitrogens is 2. The number of nitrogens with zero attached hydrogens (tertiary/aromatic N) is 2. The highest BCUT2D eigenvalue weighted by Crippen LogP contribution is 2.11. The summed E-state index contributed by atoms with van der Waals surface area (Å²) in [6.07, 6.45) is 2.67. The van der Waals surface area contributed by atoms with Crippen molar-refractivity contribution in [1.29, 1.82) is 0 Å². The van der Waals surface area contributed by atoms with Gasteiger partial charge in [0.2, 0.25) is 0 Å². The van der Waals surface area contributed by atoms with Gasteiger partial charge < -0.3 is 5.11 Å². The van der Waals surface area contributed by atoms with Gasteiger partial charge in [0, 0.05) is 11.6 Å². The summed E-state index contributed by atoms with van der Waals surface area (Å²) < 4.78 is 2.26. The van der Waals surface area contributed by atoms with Gasteiger partial charge in [-0.15, -0.1) is 0 Å². The molecule has 2 aromatic rings. The molecule has 0 radical (unpaired) electrons. The normalized spacial score (nSPS) is 12.6. The molecule has 0 fully saturated rings. The van der Waals surface area contributed by atoms with Crippen molar-refractivity contribution < 1.29 is 5.11 Å². The minimum atomic E-state index is -0.612. The number of pyridine rings is 2. The van der Waals surface area contributed by atoms with Gasteiger partial charge in [0.1, 0.15) is 10.9 Å². The maximum absolute atomic E-state index is 9.78. The van der Waals surface area contributed by atoms with Crippen LogP contribution in [0.3, 0.4) is 0 Å². The van der Waals surface area contributed by atoms with E-state index in [0.29, 0.717) is 11.1 Å². The van der Waals surface area contributed by atoms with E-state index >= 15 is 0 Å². The van der Waals surface area contributed by atoms with Crippen molar-refractivity contribution in [2.45, 2.75) is 26.0 Å². The van der Waals surface area contributed by atoms with E-state index in [4.69, 9.17) is 12.2 Å². The fourth-order valence-electron chi connectivity index (χ4n) is 1.68. The number of aliphatic hydroxyl groups is 1. The highest BCUT2D eigenvalue weighted by Gasteiger charge is 2.05. The SMILES string of the molecule is CCCC(O)Nn1c(=S)ccc2cccnc21. The van der Waals surface area contributed by atoms with E-state index in [1.165, 1.54) is 0 Å². The monoisotopic (exact) mass is 249 g/mol. The smallest absolute Gasteiger partial charge is 0.159 e. The molecule has 0 amide bonds. The Bertz CT molecular complexity index is 567. The zero-order valence-electron chi connectivity index (χ0n) is 9.63. The lowest BCUT2D eigenvalue weighted by Crippen LogP contribution is -2.28. The Hall–Kier alpha value is -1.46. The third-order valence-electron chi connectivity index (χ3n) is 2.49. The Morgan fingerprint density at radius 1 is 1.47 bits per heavy atom. The second-order valence-electron chi connectivity index (χ2n) is 3.86. The highest BCUT2D eigenvalue weighted by atomic mass is 32.1. The van der Waals surface area contributed by atoms with Crippen LogP contribution in [0.2, 0.25) is 0 Å². The largest absolute Gasteiger partial charge is 0.372 e. The first-order chi connectivity index (χ1) is 8.22. The molecule has 0 spiro atoms. The third kappa shape index (κ3) is 2.62. The number of hydrogen-bond acceptors (Lipinski definition) is 4. The summed E-state index contributed by atoms with van der Waals surface area (Å²) in [5.41, 5.74) is 3.69. The minimum absolute atomic E-state index is 0.603. The first kappa shape index (κ1) is 12.0. The van der Waals surface area contributed by atoms with Crippen LogP contribution >= 0.6 is 12.2 Å². The van der Waals surface area contributed by atoms with Crippen molar-refractivity contribution in [3.63, 3.8) is 0 Å². The molecule has 0 aliphatic rings. The van der Waals surface area contributed by atoms with Crippen LogP contribution in [-0.2, 0) is 0 Å². The topological polar surface area (TPSA) is 50.1 Å². The van der Waals surface area contributed by atoms with E-state index in [0.717, 1.165) is 17.5 Å². The molecule has 0 aliphatic carbocycles. The van der Waals surface area contributed by atoms with E-state index in [1.54, 1.807) is 10.9 Å². The number of hydrogen-bond donors (Lipinski definition) is 2. The molecule has 0 saturated heterocycles. The molecule has 0 aromatic carbocycles. The van der Waals surface area contributed by atoms with Crippen LogP contribution in [0, 0.1) is 4.64 Å². The van der Waals surface area contributed by atoms with Gasteiger partial charge in [-0.3, -0.25) is 5.43 Å². The number of aliphatic hydroxyl groups excluding tert-OH is 1. The van der Waals surface area contributed by atoms with E-state index in [2.05, 4.69) is 10.4 Å². The van der Waals surface area contributed by atoms with Gasteiger partial charge in [-0.05, 0) is 30.7 Å². The molecule has 17 heavy (non-hydrogen) atoms. The average Bonchev–Trinajstić information content (AvgIpc) is 2.33. The van der Waals surface area contributed by atoms with Gasteiger partial charge in [-0.25, -0.2) is 9.66 Å². The third-order valence-corrected chi connectivity index (χ3v) is 2.81. The van der Waals surface area contributed by atoms with Crippen LogP contribution in [0.4, 0.5) is 0 Å². The second kappa shape index (κ2) is 5.25. The fourth-order valence-corrected chi connectivity index (χ4v) is 1.89. The van der Waals surface area contributed by atoms with E-state index in [-0.39, 0.29) is 0 Å². The molecule has 5 heteroatoms. The van der Waals surface area contributed by atoms with Gasteiger partial charge in [0.25, 0.3) is 0 Å². The Kier molecular flexibility index (Phi) is 3.71. The average molecular weight is 249 g/mol. The van der Waals surface area contributed by atoms with Crippen molar-refractivity contribution in [3.05, 3.63) is 35.1 Å². The predicted octanol–water partition coefficient (Wildman–Crippen LogP) is 2.43. The van der Waals surface area contributed by atoms with Gasteiger partial charge in [0.15, 0.2) is 5.65 Å². The zero-order valence-corrected chi connectivity index (χ0v) is 10.4. The van der Waals surface area contributed by atoms with Crippen LogP contribution < -0.4 is 5.43 Å². The van der Waals surface area contributed by atoms with Gasteiger partial charge >= 0.3 is 0 Å². The summed E-state index contributed by atoms with van der Waals surface area (Å²) in [5.74, 6) is 0. The van der Waals surface area contributed by atoms with Crippen LogP contribution in [0.15, 0.2) is 30.5 Å². The predicted molar refractivity (Wildman–Crippen MR) is 70.8 cm³/mol. The maximum atomic E-state index is 9.78. The molecule has 2 heterocycles. The summed E-state index contributed by atoms with van der Waals surface area (Å²) in [6, 6.07) is 7.58. The lowest BCUT2D eigenvalue weighted by atomic mass is 10.3. The minimum Gasteiger partial charge on any atom is -0.372 e. The highest BCUT2D eigenvalue weighted by molar-refractivity contribution is 7.71. The molecule has 4 nitrogen and oxygen atoms in total. The van der Waals surface area contributed by atoms with Crippen molar-refractivity contribution in [2.75, 3.05) is 5.43 Å². The Balaban J connectivity index is 2.44. The van der Waals surface area contributed by atoms with Gasteiger partial charge in [-0.2, -0.15) is 0 Å². The zero-order chi connectivity index (χ0) is 12.3. The van der Waals surface area contributed by atoms with Crippen LogP contribution in [0.5, 0.6) is 0 Å². The Labute approximate surface area is 105 Å². The molecule has 0 bridgehead atoms. The molecule has 0 aliphatic heterocycles. The van der Waals surface area contributed by atoms with Gasteiger partial charge in [-0.1, -0.05) is 25.6 Å². The molecule has 1 unspecified atom stereocenters.